The Morgan fingerprint density at radius 2 is 1.80 bits per heavy atom. The number of carbonyl (C=O) groups excluding carboxylic acids is 3. The molecule has 3 rings (SSSR count). The number of imide groups is 1. The molecule has 0 spiro atoms. The average molecular weight is 338 g/mol. The first kappa shape index (κ1) is 16.7. The molecule has 0 unspecified atom stereocenters. The highest BCUT2D eigenvalue weighted by Crippen LogP contribution is 2.23. The molecule has 1 aliphatic heterocycles. The van der Waals surface area contributed by atoms with Crippen molar-refractivity contribution in [1.82, 2.24) is 10.9 Å². The Morgan fingerprint density at radius 3 is 2.48 bits per heavy atom. The van der Waals surface area contributed by atoms with Gasteiger partial charge >= 0.3 is 0 Å². The van der Waals surface area contributed by atoms with Crippen LogP contribution < -0.4 is 21.5 Å². The first-order chi connectivity index (χ1) is 12.0. The molecule has 1 atom stereocenters. The van der Waals surface area contributed by atoms with E-state index in [2.05, 4.69) is 10.9 Å². The van der Waals surface area contributed by atoms with E-state index in [1.165, 1.54) is 0 Å². The van der Waals surface area contributed by atoms with E-state index in [0.717, 1.165) is 10.5 Å². The van der Waals surface area contributed by atoms with Gasteiger partial charge in [-0.2, -0.15) is 0 Å². The molecule has 7 nitrogen and oxygen atoms in total. The van der Waals surface area contributed by atoms with Gasteiger partial charge in [-0.05, 0) is 31.2 Å². The molecular formula is C18H18N4O3. The normalized spacial score (nSPS) is 17.0. The topological polar surface area (TPSA) is 105 Å². The molecule has 7 heteroatoms. The van der Waals surface area contributed by atoms with Crippen LogP contribution >= 0.6 is 0 Å². The molecule has 0 saturated carbocycles. The van der Waals surface area contributed by atoms with E-state index in [0.29, 0.717) is 16.9 Å². The van der Waals surface area contributed by atoms with Gasteiger partial charge in [0, 0.05) is 5.69 Å². The van der Waals surface area contributed by atoms with Gasteiger partial charge in [0.15, 0.2) is 0 Å². The van der Waals surface area contributed by atoms with Crippen LogP contribution in [0.2, 0.25) is 0 Å². The summed E-state index contributed by atoms with van der Waals surface area (Å²) in [6.45, 7) is 1.92. The van der Waals surface area contributed by atoms with Gasteiger partial charge in [0.2, 0.25) is 5.91 Å². The number of amides is 3. The van der Waals surface area contributed by atoms with Crippen LogP contribution in [0.1, 0.15) is 22.3 Å². The summed E-state index contributed by atoms with van der Waals surface area (Å²) in [6.07, 6.45) is -0.0305. The molecule has 1 saturated heterocycles. The summed E-state index contributed by atoms with van der Waals surface area (Å²) in [5, 5.41) is 0. The molecule has 0 aliphatic carbocycles. The maximum atomic E-state index is 12.5. The van der Waals surface area contributed by atoms with Crippen molar-refractivity contribution in [2.24, 2.45) is 0 Å². The number of rotatable bonds is 4. The summed E-state index contributed by atoms with van der Waals surface area (Å²) in [6, 6.07) is 12.9. The van der Waals surface area contributed by atoms with E-state index in [1.807, 2.05) is 19.1 Å². The monoisotopic (exact) mass is 338 g/mol. The fraction of sp³-hybridized carbons (Fsp3) is 0.167. The predicted octanol–water partition coefficient (Wildman–Crippen LogP) is 1.14. The van der Waals surface area contributed by atoms with Crippen LogP contribution in [0, 0.1) is 6.92 Å². The zero-order valence-corrected chi connectivity index (χ0v) is 13.7. The average Bonchev–Trinajstić information content (AvgIpc) is 2.88. The molecule has 0 radical (unpaired) electrons. The highest BCUT2D eigenvalue weighted by molar-refractivity contribution is 6.22. The first-order valence-corrected chi connectivity index (χ1v) is 7.81. The molecule has 3 amide bonds. The maximum Gasteiger partial charge on any atom is 0.267 e. The van der Waals surface area contributed by atoms with Gasteiger partial charge in [-0.25, -0.2) is 10.3 Å². The van der Waals surface area contributed by atoms with Gasteiger partial charge in [-0.3, -0.25) is 19.8 Å². The third kappa shape index (κ3) is 3.36. The predicted molar refractivity (Wildman–Crippen MR) is 93.5 cm³/mol. The number of aryl methyl sites for hydroxylation is 1. The Hall–Kier alpha value is -3.19. The van der Waals surface area contributed by atoms with E-state index in [-0.39, 0.29) is 12.3 Å². The van der Waals surface area contributed by atoms with Crippen molar-refractivity contribution in [3.63, 3.8) is 0 Å². The second-order valence-corrected chi connectivity index (χ2v) is 5.85. The van der Waals surface area contributed by atoms with E-state index in [9.17, 15) is 14.4 Å². The van der Waals surface area contributed by atoms with Gasteiger partial charge in [0.05, 0.1) is 17.7 Å². The van der Waals surface area contributed by atoms with Crippen LogP contribution in [0.3, 0.4) is 0 Å². The van der Waals surface area contributed by atoms with E-state index < -0.39 is 17.9 Å². The number of hydrazine groups is 1. The zero-order valence-electron chi connectivity index (χ0n) is 13.7. The van der Waals surface area contributed by atoms with Crippen molar-refractivity contribution < 1.29 is 14.4 Å². The Balaban J connectivity index is 1.67. The van der Waals surface area contributed by atoms with E-state index >= 15 is 0 Å². The van der Waals surface area contributed by atoms with Gasteiger partial charge in [-0.15, -0.1) is 0 Å². The Bertz CT molecular complexity index is 832. The fourth-order valence-corrected chi connectivity index (χ4v) is 2.63. The SMILES string of the molecule is Cc1ccc(N2C(=O)C[C@H](NNC(=O)c3ccccc3N)C2=O)cc1. The quantitative estimate of drug-likeness (QED) is 0.441. The van der Waals surface area contributed by atoms with Gasteiger partial charge in [0.1, 0.15) is 6.04 Å². The van der Waals surface area contributed by atoms with Crippen molar-refractivity contribution in [3.05, 3.63) is 59.7 Å². The second kappa shape index (κ2) is 6.74. The molecule has 1 heterocycles. The van der Waals surface area contributed by atoms with Gasteiger partial charge in [0.25, 0.3) is 11.8 Å². The summed E-state index contributed by atoms with van der Waals surface area (Å²) >= 11 is 0. The Kier molecular flexibility index (Phi) is 4.49. The highest BCUT2D eigenvalue weighted by atomic mass is 16.2. The molecule has 0 aromatic heterocycles. The number of nitrogens with one attached hydrogen (secondary N) is 2. The lowest BCUT2D eigenvalue weighted by molar-refractivity contribution is -0.121. The number of para-hydroxylation sites is 1. The molecule has 1 fully saturated rings. The lowest BCUT2D eigenvalue weighted by Gasteiger charge is -2.16. The van der Waals surface area contributed by atoms with Crippen LogP contribution in [0.4, 0.5) is 11.4 Å². The van der Waals surface area contributed by atoms with E-state index in [4.69, 9.17) is 5.73 Å². The second-order valence-electron chi connectivity index (χ2n) is 5.85. The van der Waals surface area contributed by atoms with Crippen molar-refractivity contribution in [2.75, 3.05) is 10.6 Å². The molecule has 25 heavy (non-hydrogen) atoms. The van der Waals surface area contributed by atoms with Crippen LogP contribution in [-0.4, -0.2) is 23.8 Å². The molecule has 2 aromatic carbocycles. The number of benzene rings is 2. The molecule has 2 aromatic rings. The molecule has 1 aliphatic rings. The summed E-state index contributed by atoms with van der Waals surface area (Å²) in [5.41, 5.74) is 13.0. The summed E-state index contributed by atoms with van der Waals surface area (Å²) in [7, 11) is 0. The third-order valence-corrected chi connectivity index (χ3v) is 4.00. The lowest BCUT2D eigenvalue weighted by atomic mass is 10.2. The number of nitrogen functional groups attached to an aromatic ring is 1. The minimum absolute atomic E-state index is 0.0305. The number of carbonyl (C=O) groups is 3. The van der Waals surface area contributed by atoms with Crippen LogP contribution in [0.5, 0.6) is 0 Å². The smallest absolute Gasteiger partial charge is 0.267 e. The molecule has 4 N–H and O–H groups in total. The zero-order chi connectivity index (χ0) is 18.0. The van der Waals surface area contributed by atoms with Crippen LogP contribution in [0.25, 0.3) is 0 Å². The summed E-state index contributed by atoms with van der Waals surface area (Å²) in [5.74, 6) is -1.19. The Morgan fingerprint density at radius 1 is 1.12 bits per heavy atom. The minimum Gasteiger partial charge on any atom is -0.398 e. The summed E-state index contributed by atoms with van der Waals surface area (Å²) < 4.78 is 0. The van der Waals surface area contributed by atoms with Crippen LogP contribution in [0.15, 0.2) is 48.5 Å². The lowest BCUT2D eigenvalue weighted by Crippen LogP contribution is -2.48. The fourth-order valence-electron chi connectivity index (χ4n) is 2.63. The largest absolute Gasteiger partial charge is 0.398 e. The van der Waals surface area contributed by atoms with Crippen molar-refractivity contribution in [2.45, 2.75) is 19.4 Å². The number of hydrogen-bond acceptors (Lipinski definition) is 5. The van der Waals surface area contributed by atoms with E-state index in [1.54, 1.807) is 36.4 Å². The number of anilines is 2. The van der Waals surface area contributed by atoms with Crippen molar-refractivity contribution >= 4 is 29.1 Å². The molecule has 0 bridgehead atoms. The van der Waals surface area contributed by atoms with Crippen LogP contribution in [-0.2, 0) is 9.59 Å². The number of nitrogens with zero attached hydrogens (tertiary/aromatic N) is 1. The third-order valence-electron chi connectivity index (χ3n) is 4.00. The summed E-state index contributed by atoms with van der Waals surface area (Å²) in [4.78, 5) is 37.9. The molecule has 128 valence electrons. The van der Waals surface area contributed by atoms with Crippen molar-refractivity contribution in [1.29, 1.82) is 0 Å². The molecular weight excluding hydrogens is 320 g/mol. The van der Waals surface area contributed by atoms with Gasteiger partial charge < -0.3 is 5.73 Å². The standard InChI is InChI=1S/C18H18N4O3/c1-11-6-8-12(9-7-11)22-16(23)10-15(18(22)25)20-21-17(24)13-4-2-3-5-14(13)19/h2-9,15,20H,10,19H2,1H3,(H,21,24)/t15-/m0/s1. The van der Waals surface area contributed by atoms with Gasteiger partial charge in [-0.1, -0.05) is 29.8 Å². The maximum absolute atomic E-state index is 12.5. The number of hydrogen-bond donors (Lipinski definition) is 3. The Labute approximate surface area is 144 Å². The minimum atomic E-state index is -0.817. The highest BCUT2D eigenvalue weighted by Gasteiger charge is 2.39. The van der Waals surface area contributed by atoms with Crippen molar-refractivity contribution in [3.8, 4) is 0 Å². The first-order valence-electron chi connectivity index (χ1n) is 7.81. The number of nitrogens with two attached hydrogens (primary N) is 1.